The molecule has 0 spiro atoms. The van der Waals surface area contributed by atoms with Crippen molar-refractivity contribution in [2.75, 3.05) is 19.7 Å². The molecule has 0 aliphatic carbocycles. The van der Waals surface area contributed by atoms with Gasteiger partial charge in [0.1, 0.15) is 6.10 Å². The van der Waals surface area contributed by atoms with Gasteiger partial charge in [0.15, 0.2) is 0 Å². The third-order valence-electron chi connectivity index (χ3n) is 2.95. The first-order valence-corrected chi connectivity index (χ1v) is 6.16. The second-order valence-electron chi connectivity index (χ2n) is 5.03. The van der Waals surface area contributed by atoms with Crippen molar-refractivity contribution in [2.24, 2.45) is 11.7 Å². The Labute approximate surface area is 110 Å². The van der Waals surface area contributed by atoms with Crippen molar-refractivity contribution in [3.63, 3.8) is 0 Å². The molecule has 1 amide bonds. The first-order chi connectivity index (χ1) is 7.50. The summed E-state index contributed by atoms with van der Waals surface area (Å²) >= 11 is 0. The van der Waals surface area contributed by atoms with Crippen LogP contribution in [0, 0.1) is 5.92 Å². The molecule has 2 atom stereocenters. The largest absolute Gasteiger partial charge is 0.369 e. The van der Waals surface area contributed by atoms with Gasteiger partial charge in [0.2, 0.25) is 0 Å². The monoisotopic (exact) mass is 264 g/mol. The molecular weight excluding hydrogens is 240 g/mol. The van der Waals surface area contributed by atoms with Gasteiger partial charge >= 0.3 is 0 Å². The van der Waals surface area contributed by atoms with Gasteiger partial charge in [0.25, 0.3) is 5.91 Å². The molecule has 1 aliphatic heterocycles. The fraction of sp³-hybridized carbons (Fsp3) is 0.917. The Bertz CT molecular complexity index is 237. The molecule has 0 aromatic rings. The van der Waals surface area contributed by atoms with Crippen LogP contribution in [-0.4, -0.2) is 42.6 Å². The molecule has 1 heterocycles. The number of nitrogens with zero attached hydrogens (tertiary/aromatic N) is 1. The fourth-order valence-corrected chi connectivity index (χ4v) is 1.80. The SMILES string of the molecule is CC(C)CCOC(C)C(=O)N1CC[C@@H](N)C1.Cl. The number of likely N-dealkylation sites (tertiary alicyclic amines) is 1. The Morgan fingerprint density at radius 1 is 1.47 bits per heavy atom. The van der Waals surface area contributed by atoms with Gasteiger partial charge in [-0.2, -0.15) is 0 Å². The minimum absolute atomic E-state index is 0. The number of rotatable bonds is 5. The molecule has 1 aliphatic rings. The van der Waals surface area contributed by atoms with E-state index in [0.29, 0.717) is 19.1 Å². The summed E-state index contributed by atoms with van der Waals surface area (Å²) in [6, 6.07) is 0.145. The summed E-state index contributed by atoms with van der Waals surface area (Å²) in [5.41, 5.74) is 5.77. The van der Waals surface area contributed by atoms with Crippen molar-refractivity contribution >= 4 is 18.3 Å². The van der Waals surface area contributed by atoms with Gasteiger partial charge < -0.3 is 15.4 Å². The smallest absolute Gasteiger partial charge is 0.251 e. The van der Waals surface area contributed by atoms with Crippen molar-refractivity contribution in [1.82, 2.24) is 4.90 Å². The Hall–Kier alpha value is -0.320. The summed E-state index contributed by atoms with van der Waals surface area (Å²) in [4.78, 5) is 13.7. The van der Waals surface area contributed by atoms with Gasteiger partial charge in [-0.15, -0.1) is 12.4 Å². The highest BCUT2D eigenvalue weighted by Crippen LogP contribution is 2.10. The Morgan fingerprint density at radius 3 is 2.59 bits per heavy atom. The number of halogens is 1. The zero-order valence-electron chi connectivity index (χ0n) is 11.0. The van der Waals surface area contributed by atoms with Crippen molar-refractivity contribution in [2.45, 2.75) is 45.8 Å². The molecule has 1 saturated heterocycles. The number of nitrogens with two attached hydrogens (primary N) is 1. The van der Waals surface area contributed by atoms with E-state index in [0.717, 1.165) is 19.4 Å². The summed E-state index contributed by atoms with van der Waals surface area (Å²) in [7, 11) is 0. The summed E-state index contributed by atoms with van der Waals surface area (Å²) < 4.78 is 5.53. The molecular formula is C12H25ClN2O2. The van der Waals surface area contributed by atoms with Crippen LogP contribution in [0.2, 0.25) is 0 Å². The standard InChI is InChI=1S/C12H24N2O2.ClH/c1-9(2)5-7-16-10(3)12(15)14-6-4-11(13)8-14;/h9-11H,4-8,13H2,1-3H3;1H/t10?,11-;/m1./s1. The Morgan fingerprint density at radius 2 is 2.12 bits per heavy atom. The molecule has 1 fully saturated rings. The minimum Gasteiger partial charge on any atom is -0.369 e. The maximum absolute atomic E-state index is 11.9. The van der Waals surface area contributed by atoms with E-state index in [2.05, 4.69) is 13.8 Å². The van der Waals surface area contributed by atoms with Crippen molar-refractivity contribution < 1.29 is 9.53 Å². The minimum atomic E-state index is -0.330. The normalized spacial score (nSPS) is 21.5. The fourth-order valence-electron chi connectivity index (χ4n) is 1.80. The Balaban J connectivity index is 0.00000256. The molecule has 1 unspecified atom stereocenters. The molecule has 0 aromatic carbocycles. The topological polar surface area (TPSA) is 55.6 Å². The van der Waals surface area contributed by atoms with Crippen LogP contribution in [-0.2, 0) is 9.53 Å². The first-order valence-electron chi connectivity index (χ1n) is 6.16. The molecule has 0 radical (unpaired) electrons. The lowest BCUT2D eigenvalue weighted by atomic mass is 10.1. The maximum Gasteiger partial charge on any atom is 0.251 e. The van der Waals surface area contributed by atoms with Gasteiger partial charge in [0.05, 0.1) is 0 Å². The van der Waals surface area contributed by atoms with Gasteiger partial charge in [-0.25, -0.2) is 0 Å². The average Bonchev–Trinajstić information content (AvgIpc) is 2.63. The van der Waals surface area contributed by atoms with E-state index in [4.69, 9.17) is 10.5 Å². The van der Waals surface area contributed by atoms with Crippen molar-refractivity contribution in [1.29, 1.82) is 0 Å². The van der Waals surface area contributed by atoms with Crippen LogP contribution in [0.25, 0.3) is 0 Å². The molecule has 0 saturated carbocycles. The number of carbonyl (C=O) groups excluding carboxylic acids is 1. The molecule has 0 aromatic heterocycles. The van der Waals surface area contributed by atoms with Crippen LogP contribution < -0.4 is 5.73 Å². The van der Waals surface area contributed by atoms with Crippen LogP contribution in [0.4, 0.5) is 0 Å². The van der Waals surface area contributed by atoms with Gasteiger partial charge in [-0.1, -0.05) is 13.8 Å². The quantitative estimate of drug-likeness (QED) is 0.817. The molecule has 4 nitrogen and oxygen atoms in total. The lowest BCUT2D eigenvalue weighted by Crippen LogP contribution is -2.39. The lowest BCUT2D eigenvalue weighted by molar-refractivity contribution is -0.141. The zero-order valence-corrected chi connectivity index (χ0v) is 11.8. The van der Waals surface area contributed by atoms with Gasteiger partial charge in [-0.3, -0.25) is 4.79 Å². The van der Waals surface area contributed by atoms with Gasteiger partial charge in [-0.05, 0) is 25.7 Å². The highest BCUT2D eigenvalue weighted by molar-refractivity contribution is 5.85. The second-order valence-corrected chi connectivity index (χ2v) is 5.03. The number of ether oxygens (including phenoxy) is 1. The van der Waals surface area contributed by atoms with E-state index in [1.807, 2.05) is 11.8 Å². The number of amides is 1. The van der Waals surface area contributed by atoms with E-state index in [1.165, 1.54) is 0 Å². The van der Waals surface area contributed by atoms with Crippen LogP contribution in [0.15, 0.2) is 0 Å². The van der Waals surface area contributed by atoms with Crippen LogP contribution in [0.5, 0.6) is 0 Å². The van der Waals surface area contributed by atoms with Crippen molar-refractivity contribution in [3.05, 3.63) is 0 Å². The summed E-state index contributed by atoms with van der Waals surface area (Å²) in [6.07, 6.45) is 1.57. The first kappa shape index (κ1) is 16.7. The molecule has 5 heteroatoms. The average molecular weight is 265 g/mol. The molecule has 2 N–H and O–H groups in total. The molecule has 17 heavy (non-hydrogen) atoms. The zero-order chi connectivity index (χ0) is 12.1. The highest BCUT2D eigenvalue weighted by Gasteiger charge is 2.27. The van der Waals surface area contributed by atoms with Gasteiger partial charge in [0, 0.05) is 25.7 Å². The molecule has 0 bridgehead atoms. The molecule has 102 valence electrons. The maximum atomic E-state index is 11.9. The third-order valence-corrected chi connectivity index (χ3v) is 2.95. The predicted octanol–water partition coefficient (Wildman–Crippen LogP) is 1.42. The number of carbonyl (C=O) groups is 1. The number of hydrogen-bond acceptors (Lipinski definition) is 3. The van der Waals surface area contributed by atoms with E-state index in [1.54, 1.807) is 0 Å². The van der Waals surface area contributed by atoms with Crippen LogP contribution in [0.3, 0.4) is 0 Å². The number of hydrogen-bond donors (Lipinski definition) is 1. The second kappa shape index (κ2) is 7.90. The Kier molecular flexibility index (Phi) is 7.75. The summed E-state index contributed by atoms with van der Waals surface area (Å²) in [5, 5.41) is 0. The highest BCUT2D eigenvalue weighted by atomic mass is 35.5. The predicted molar refractivity (Wildman–Crippen MR) is 71.3 cm³/mol. The van der Waals surface area contributed by atoms with E-state index < -0.39 is 0 Å². The third kappa shape index (κ3) is 5.70. The molecule has 1 rings (SSSR count). The summed E-state index contributed by atoms with van der Waals surface area (Å²) in [6.45, 7) is 8.23. The van der Waals surface area contributed by atoms with E-state index >= 15 is 0 Å². The lowest BCUT2D eigenvalue weighted by Gasteiger charge is -2.21. The van der Waals surface area contributed by atoms with Crippen LogP contribution >= 0.6 is 12.4 Å². The van der Waals surface area contributed by atoms with E-state index in [-0.39, 0.29) is 30.5 Å². The summed E-state index contributed by atoms with van der Waals surface area (Å²) in [5.74, 6) is 0.694. The van der Waals surface area contributed by atoms with E-state index in [9.17, 15) is 4.79 Å². The van der Waals surface area contributed by atoms with Crippen molar-refractivity contribution in [3.8, 4) is 0 Å². The van der Waals surface area contributed by atoms with Crippen LogP contribution in [0.1, 0.15) is 33.6 Å².